The van der Waals surface area contributed by atoms with Gasteiger partial charge in [0.15, 0.2) is 29.2 Å². The summed E-state index contributed by atoms with van der Waals surface area (Å²) in [5.41, 5.74) is -1.54. The maximum absolute atomic E-state index is 13.8. The molecule has 1 unspecified atom stereocenters. The molecule has 2 aromatic carbocycles. The first kappa shape index (κ1) is 20.1. The summed E-state index contributed by atoms with van der Waals surface area (Å²) < 4.78 is 60.4. The number of hydrogen-bond donors (Lipinski definition) is 1. The number of carbonyl (C=O) groups is 1. The highest BCUT2D eigenvalue weighted by Crippen LogP contribution is 2.26. The molecule has 1 aromatic heterocycles. The van der Waals surface area contributed by atoms with Crippen molar-refractivity contribution in [2.24, 2.45) is 0 Å². The van der Waals surface area contributed by atoms with E-state index >= 15 is 0 Å². The van der Waals surface area contributed by atoms with Crippen molar-refractivity contribution in [1.82, 2.24) is 9.78 Å². The molecule has 0 saturated carbocycles. The molecule has 10 heteroatoms. The molecule has 0 amide bonds. The predicted molar refractivity (Wildman–Crippen MR) is 91.7 cm³/mol. The van der Waals surface area contributed by atoms with E-state index in [1.165, 1.54) is 0 Å². The van der Waals surface area contributed by atoms with Crippen LogP contribution in [0.2, 0.25) is 0 Å². The Morgan fingerprint density at radius 2 is 1.59 bits per heavy atom. The van der Waals surface area contributed by atoms with Gasteiger partial charge in [-0.3, -0.25) is 4.79 Å². The Hall–Kier alpha value is -3.69. The summed E-state index contributed by atoms with van der Waals surface area (Å²) in [6.45, 7) is 0. The lowest BCUT2D eigenvalue weighted by Gasteiger charge is -2.16. The summed E-state index contributed by atoms with van der Waals surface area (Å²) >= 11 is 0. The lowest BCUT2D eigenvalue weighted by molar-refractivity contribution is -0.141. The second-order valence-electron chi connectivity index (χ2n) is 5.89. The van der Waals surface area contributed by atoms with Crippen LogP contribution in [0.4, 0.5) is 17.6 Å². The highest BCUT2D eigenvalue weighted by molar-refractivity contribution is 5.72. The molecule has 0 fully saturated rings. The third-order valence-corrected chi connectivity index (χ3v) is 3.98. The van der Waals surface area contributed by atoms with Gasteiger partial charge >= 0.3 is 5.97 Å². The van der Waals surface area contributed by atoms with E-state index in [9.17, 15) is 32.3 Å². The monoisotopic (exact) mass is 408 g/mol. The summed E-state index contributed by atoms with van der Waals surface area (Å²) in [6.07, 6.45) is 0.170. The summed E-state index contributed by atoms with van der Waals surface area (Å²) in [6, 6.07) is 5.04. The Morgan fingerprint density at radius 1 is 1.03 bits per heavy atom. The zero-order valence-corrected chi connectivity index (χ0v) is 14.5. The van der Waals surface area contributed by atoms with E-state index in [-0.39, 0.29) is 5.75 Å². The Labute approximate surface area is 160 Å². The largest absolute Gasteiger partial charge is 0.480 e. The van der Waals surface area contributed by atoms with Crippen molar-refractivity contribution < 1.29 is 32.2 Å². The molecular weight excluding hydrogens is 396 g/mol. The van der Waals surface area contributed by atoms with Crippen molar-refractivity contribution in [2.45, 2.75) is 12.5 Å². The van der Waals surface area contributed by atoms with E-state index in [0.717, 1.165) is 48.7 Å². The van der Waals surface area contributed by atoms with Crippen molar-refractivity contribution in [1.29, 1.82) is 0 Å². The van der Waals surface area contributed by atoms with Gasteiger partial charge in [-0.15, -0.1) is 0 Å². The average Bonchev–Trinajstić information content (AvgIpc) is 2.65. The first-order valence-corrected chi connectivity index (χ1v) is 8.14. The maximum atomic E-state index is 13.8. The standard InChI is InChI=1S/C19H12F4N2O4/c20-12-3-1-4-13(21)11(12)8-16(19(27)28)25-17(26)7-10(9-24-25)29-18-14(22)5-2-6-15(18)23/h1-7,9,16H,8H2,(H,27,28). The Morgan fingerprint density at radius 3 is 2.10 bits per heavy atom. The van der Waals surface area contributed by atoms with E-state index in [1.54, 1.807) is 0 Å². The van der Waals surface area contributed by atoms with Gasteiger partial charge in [0.25, 0.3) is 5.56 Å². The molecule has 1 N–H and O–H groups in total. The van der Waals surface area contributed by atoms with Gasteiger partial charge in [0.1, 0.15) is 11.6 Å². The summed E-state index contributed by atoms with van der Waals surface area (Å²) in [5, 5.41) is 13.0. The van der Waals surface area contributed by atoms with E-state index in [4.69, 9.17) is 4.74 Å². The summed E-state index contributed by atoms with van der Waals surface area (Å²) in [7, 11) is 0. The number of halogens is 4. The van der Waals surface area contributed by atoms with Crippen LogP contribution in [-0.4, -0.2) is 20.9 Å². The molecule has 0 bridgehead atoms. The molecule has 150 valence electrons. The van der Waals surface area contributed by atoms with Crippen molar-refractivity contribution in [3.63, 3.8) is 0 Å². The summed E-state index contributed by atoms with van der Waals surface area (Å²) in [5.74, 6) is -6.67. The SMILES string of the molecule is O=C(O)C(Cc1c(F)cccc1F)n1ncc(Oc2c(F)cccc2F)cc1=O. The molecule has 6 nitrogen and oxygen atoms in total. The fraction of sp³-hybridized carbons (Fsp3) is 0.105. The second kappa shape index (κ2) is 8.13. The normalized spacial score (nSPS) is 11.9. The smallest absolute Gasteiger partial charge is 0.329 e. The molecule has 0 radical (unpaired) electrons. The Bertz CT molecular complexity index is 1090. The number of rotatable bonds is 6. The van der Waals surface area contributed by atoms with Crippen LogP contribution in [0.5, 0.6) is 11.5 Å². The molecular formula is C19H12F4N2O4. The van der Waals surface area contributed by atoms with E-state index in [1.807, 2.05) is 0 Å². The van der Waals surface area contributed by atoms with E-state index in [0.29, 0.717) is 4.68 Å². The van der Waals surface area contributed by atoms with Crippen molar-refractivity contribution >= 4 is 5.97 Å². The number of ether oxygens (including phenoxy) is 1. The fourth-order valence-electron chi connectivity index (χ4n) is 2.59. The number of hydrogen-bond acceptors (Lipinski definition) is 4. The first-order valence-electron chi connectivity index (χ1n) is 8.14. The fourth-order valence-corrected chi connectivity index (χ4v) is 2.59. The zero-order chi connectivity index (χ0) is 21.1. The minimum atomic E-state index is -1.73. The lowest BCUT2D eigenvalue weighted by Crippen LogP contribution is -2.33. The third kappa shape index (κ3) is 4.26. The average molecular weight is 408 g/mol. The highest BCUT2D eigenvalue weighted by Gasteiger charge is 2.26. The number of para-hydroxylation sites is 1. The van der Waals surface area contributed by atoms with Crippen molar-refractivity contribution in [3.05, 3.63) is 87.8 Å². The van der Waals surface area contributed by atoms with Gasteiger partial charge in [-0.1, -0.05) is 12.1 Å². The molecule has 1 atom stereocenters. The molecule has 0 aliphatic rings. The zero-order valence-electron chi connectivity index (χ0n) is 14.5. The van der Waals surface area contributed by atoms with Crippen molar-refractivity contribution in [3.8, 4) is 11.5 Å². The molecule has 0 saturated heterocycles. The highest BCUT2D eigenvalue weighted by atomic mass is 19.1. The number of nitrogens with zero attached hydrogens (tertiary/aromatic N) is 2. The van der Waals surface area contributed by atoms with Gasteiger partial charge in [0, 0.05) is 18.1 Å². The number of carboxylic acids is 1. The first-order chi connectivity index (χ1) is 13.8. The quantitative estimate of drug-likeness (QED) is 0.632. The third-order valence-electron chi connectivity index (χ3n) is 3.98. The van der Waals surface area contributed by atoms with Crippen LogP contribution >= 0.6 is 0 Å². The van der Waals surface area contributed by atoms with Gasteiger partial charge in [-0.25, -0.2) is 27.0 Å². The Kier molecular flexibility index (Phi) is 5.62. The predicted octanol–water partition coefficient (Wildman–Crippen LogP) is 3.46. The molecule has 3 aromatic rings. The molecule has 0 aliphatic carbocycles. The van der Waals surface area contributed by atoms with Crippen LogP contribution in [0.1, 0.15) is 11.6 Å². The van der Waals surface area contributed by atoms with Crippen LogP contribution in [0.15, 0.2) is 53.5 Å². The Balaban J connectivity index is 1.93. The van der Waals surface area contributed by atoms with Gasteiger partial charge < -0.3 is 9.84 Å². The minimum Gasteiger partial charge on any atom is -0.480 e. The van der Waals surface area contributed by atoms with Crippen LogP contribution in [-0.2, 0) is 11.2 Å². The number of aliphatic carboxylic acids is 1. The number of aromatic nitrogens is 2. The van der Waals surface area contributed by atoms with E-state index < -0.39 is 58.6 Å². The molecule has 0 spiro atoms. The molecule has 1 heterocycles. The molecule has 29 heavy (non-hydrogen) atoms. The van der Waals surface area contributed by atoms with Crippen molar-refractivity contribution in [2.75, 3.05) is 0 Å². The molecule has 3 rings (SSSR count). The van der Waals surface area contributed by atoms with Crippen LogP contribution in [0.3, 0.4) is 0 Å². The number of carboxylic acid groups (broad SMARTS) is 1. The van der Waals surface area contributed by atoms with Crippen LogP contribution < -0.4 is 10.3 Å². The van der Waals surface area contributed by atoms with Gasteiger partial charge in [-0.05, 0) is 24.3 Å². The topological polar surface area (TPSA) is 81.4 Å². The van der Waals surface area contributed by atoms with Gasteiger partial charge in [-0.2, -0.15) is 5.10 Å². The summed E-state index contributed by atoms with van der Waals surface area (Å²) in [4.78, 5) is 23.9. The van der Waals surface area contributed by atoms with Crippen LogP contribution in [0.25, 0.3) is 0 Å². The number of benzene rings is 2. The maximum Gasteiger partial charge on any atom is 0.329 e. The van der Waals surface area contributed by atoms with E-state index in [2.05, 4.69) is 5.10 Å². The lowest BCUT2D eigenvalue weighted by atomic mass is 10.0. The van der Waals surface area contributed by atoms with Gasteiger partial charge in [0.05, 0.1) is 6.20 Å². The minimum absolute atomic E-state index is 0.350. The van der Waals surface area contributed by atoms with Crippen LogP contribution in [0, 0.1) is 23.3 Å². The second-order valence-corrected chi connectivity index (χ2v) is 5.89. The van der Waals surface area contributed by atoms with Gasteiger partial charge in [0.2, 0.25) is 0 Å². The molecule has 0 aliphatic heterocycles.